The van der Waals surface area contributed by atoms with Crippen molar-refractivity contribution in [1.29, 1.82) is 0 Å². The third-order valence-corrected chi connectivity index (χ3v) is 15.1. The van der Waals surface area contributed by atoms with Gasteiger partial charge in [-0.05, 0) is 83.1 Å². The maximum atomic E-state index is 13.7. The monoisotopic (exact) mass is 826 g/mol. The Morgan fingerprint density at radius 3 is 1.18 bits per heavy atom. The molecule has 3 aliphatic rings. The summed E-state index contributed by atoms with van der Waals surface area (Å²) in [6.07, 6.45) is -4.61. The molecule has 18 heteroatoms. The summed E-state index contributed by atoms with van der Waals surface area (Å²) in [5.74, 6) is -1.84. The zero-order valence-electron chi connectivity index (χ0n) is 36.1. The molecule has 15 unspecified atom stereocenters. The van der Waals surface area contributed by atoms with Crippen LogP contribution in [0.3, 0.4) is 0 Å². The number of hydrogen-bond donors (Lipinski definition) is 9. The standard InChI is InChI=1S/C39H70O18/c1-15-53-26(42)24-28(3,34(9,45)36(11,47)30(5,18-41)56-24)19-52-22-32(7)37(12,48)35(10,46)29(4,25(57-32)27(43)54-16-2)20-51-21-31(6)38(13,49)39(14,50)33(8,44)23(17-40)55-31/h23-25,40-41,44-50H,15-22H2,1-14H3. The molecule has 0 amide bonds. The van der Waals surface area contributed by atoms with Gasteiger partial charge in [0.25, 0.3) is 0 Å². The number of esters is 2. The Morgan fingerprint density at radius 2 is 0.825 bits per heavy atom. The average molecular weight is 827 g/mol. The highest BCUT2D eigenvalue weighted by Crippen LogP contribution is 2.57. The molecule has 0 aromatic heterocycles. The van der Waals surface area contributed by atoms with Crippen molar-refractivity contribution in [2.45, 2.75) is 171 Å². The second kappa shape index (κ2) is 15.4. The summed E-state index contributed by atoms with van der Waals surface area (Å²) < 4.78 is 41.2. The van der Waals surface area contributed by atoms with E-state index in [1.54, 1.807) is 13.8 Å². The van der Waals surface area contributed by atoms with Gasteiger partial charge in [-0.25, -0.2) is 9.59 Å². The molecule has 0 bridgehead atoms. The van der Waals surface area contributed by atoms with E-state index in [4.69, 9.17) is 33.2 Å². The van der Waals surface area contributed by atoms with Crippen LogP contribution < -0.4 is 0 Å². The molecule has 3 rings (SSSR count). The second-order valence-corrected chi connectivity index (χ2v) is 18.5. The molecule has 15 atom stereocenters. The highest BCUT2D eigenvalue weighted by atomic mass is 16.6. The highest BCUT2D eigenvalue weighted by Gasteiger charge is 2.75. The predicted molar refractivity (Wildman–Crippen MR) is 199 cm³/mol. The van der Waals surface area contributed by atoms with Crippen molar-refractivity contribution in [3.63, 3.8) is 0 Å². The molecule has 0 aromatic rings. The molecule has 3 saturated heterocycles. The van der Waals surface area contributed by atoms with Gasteiger partial charge in [-0.1, -0.05) is 13.8 Å². The Balaban J connectivity index is 2.01. The van der Waals surface area contributed by atoms with E-state index in [1.165, 1.54) is 83.1 Å². The van der Waals surface area contributed by atoms with E-state index in [2.05, 4.69) is 0 Å². The minimum Gasteiger partial charge on any atom is -0.464 e. The fraction of sp³-hybridized carbons (Fsp3) is 0.949. The number of ether oxygens (including phenoxy) is 7. The lowest BCUT2D eigenvalue weighted by atomic mass is 9.56. The van der Waals surface area contributed by atoms with Gasteiger partial charge in [-0.2, -0.15) is 0 Å². The third kappa shape index (κ3) is 6.87. The molecule has 0 aromatic carbocycles. The summed E-state index contributed by atoms with van der Waals surface area (Å²) in [4.78, 5) is 27.1. The van der Waals surface area contributed by atoms with E-state index in [1.807, 2.05) is 0 Å². The van der Waals surface area contributed by atoms with Crippen LogP contribution in [0.4, 0.5) is 0 Å². The summed E-state index contributed by atoms with van der Waals surface area (Å²) in [6, 6.07) is 0. The Hall–Kier alpha value is -1.62. The van der Waals surface area contributed by atoms with Gasteiger partial charge in [0.2, 0.25) is 0 Å². The molecule has 0 spiro atoms. The van der Waals surface area contributed by atoms with E-state index >= 15 is 0 Å². The zero-order valence-corrected chi connectivity index (χ0v) is 36.1. The van der Waals surface area contributed by atoms with Crippen LogP contribution in [0.15, 0.2) is 0 Å². The zero-order chi connectivity index (χ0) is 44.5. The molecule has 18 nitrogen and oxygen atoms in total. The van der Waals surface area contributed by atoms with Gasteiger partial charge in [0, 0.05) is 0 Å². The van der Waals surface area contributed by atoms with Crippen molar-refractivity contribution in [2.24, 2.45) is 10.8 Å². The lowest BCUT2D eigenvalue weighted by Gasteiger charge is -2.64. The lowest BCUT2D eigenvalue weighted by Crippen LogP contribution is -2.82. The molecule has 334 valence electrons. The van der Waals surface area contributed by atoms with Crippen LogP contribution in [-0.2, 0) is 42.7 Å². The SMILES string of the molecule is CCOC(=O)C1OC(C)(CO)C(C)(O)C(C)(O)C1(C)COCC1(C)OC(C(=O)OCC)C(C)(COCC2(C)OC(CO)C(C)(O)C(C)(O)C2(C)O)C(C)(O)C1(C)O. The van der Waals surface area contributed by atoms with Crippen LogP contribution in [0.25, 0.3) is 0 Å². The van der Waals surface area contributed by atoms with Crippen LogP contribution in [0, 0.1) is 10.8 Å². The third-order valence-electron chi connectivity index (χ3n) is 15.1. The fourth-order valence-electron chi connectivity index (χ4n) is 8.68. The predicted octanol–water partition coefficient (Wildman–Crippen LogP) is -1.13. The largest absolute Gasteiger partial charge is 0.464 e. The van der Waals surface area contributed by atoms with E-state index in [9.17, 15) is 55.5 Å². The number of hydrogen-bond acceptors (Lipinski definition) is 18. The van der Waals surface area contributed by atoms with Gasteiger partial charge >= 0.3 is 11.9 Å². The van der Waals surface area contributed by atoms with Crippen molar-refractivity contribution in [3.05, 3.63) is 0 Å². The van der Waals surface area contributed by atoms with Gasteiger partial charge in [-0.15, -0.1) is 0 Å². The van der Waals surface area contributed by atoms with Gasteiger partial charge in [0.1, 0.15) is 62.1 Å². The molecule has 3 aliphatic heterocycles. The Labute approximate surface area is 335 Å². The first-order chi connectivity index (χ1) is 25.5. The van der Waals surface area contributed by atoms with Gasteiger partial charge in [0.05, 0.1) is 63.7 Å². The number of carbonyl (C=O) groups excluding carboxylic acids is 2. The quantitative estimate of drug-likeness (QED) is 0.0938. The van der Waals surface area contributed by atoms with Gasteiger partial charge < -0.3 is 79.1 Å². The van der Waals surface area contributed by atoms with E-state index in [0.29, 0.717) is 0 Å². The van der Waals surface area contributed by atoms with Crippen LogP contribution in [-0.4, -0.2) is 185 Å². The Morgan fingerprint density at radius 1 is 0.491 bits per heavy atom. The van der Waals surface area contributed by atoms with Crippen molar-refractivity contribution in [1.82, 2.24) is 0 Å². The van der Waals surface area contributed by atoms with E-state index < -0.39 is 137 Å². The summed E-state index contributed by atoms with van der Waals surface area (Å²) in [7, 11) is 0. The molecule has 3 heterocycles. The topological polar surface area (TPSA) is 281 Å². The van der Waals surface area contributed by atoms with Gasteiger partial charge in [0.15, 0.2) is 12.2 Å². The van der Waals surface area contributed by atoms with Crippen molar-refractivity contribution >= 4 is 11.9 Å². The molecule has 0 radical (unpaired) electrons. The molecule has 57 heavy (non-hydrogen) atoms. The van der Waals surface area contributed by atoms with Crippen LogP contribution >= 0.6 is 0 Å². The van der Waals surface area contributed by atoms with Crippen molar-refractivity contribution < 1.29 is 88.7 Å². The lowest BCUT2D eigenvalue weighted by molar-refractivity contribution is -0.386. The molecular weight excluding hydrogens is 756 g/mol. The molecule has 0 saturated carbocycles. The first-order valence-corrected chi connectivity index (χ1v) is 19.3. The van der Waals surface area contributed by atoms with Crippen LogP contribution in [0.2, 0.25) is 0 Å². The molecule has 0 aliphatic carbocycles. The Kier molecular flexibility index (Phi) is 13.4. The molecular formula is C39H70O18. The molecule has 9 N–H and O–H groups in total. The number of carbonyl (C=O) groups is 2. The fourth-order valence-corrected chi connectivity index (χ4v) is 8.68. The van der Waals surface area contributed by atoms with Crippen LogP contribution in [0.1, 0.15) is 96.9 Å². The highest BCUT2D eigenvalue weighted by molar-refractivity contribution is 5.77. The summed E-state index contributed by atoms with van der Waals surface area (Å²) in [6.45, 7) is 14.9. The van der Waals surface area contributed by atoms with Crippen molar-refractivity contribution in [2.75, 3.05) is 52.9 Å². The normalized spacial score (nSPS) is 51.7. The Bertz CT molecular complexity index is 1470. The smallest absolute Gasteiger partial charge is 0.336 e. The van der Waals surface area contributed by atoms with E-state index in [0.717, 1.165) is 0 Å². The summed E-state index contributed by atoms with van der Waals surface area (Å²) in [5, 5.41) is 103. The minimum absolute atomic E-state index is 0.0523. The number of aliphatic hydroxyl groups excluding tert-OH is 2. The maximum absolute atomic E-state index is 13.7. The summed E-state index contributed by atoms with van der Waals surface area (Å²) in [5.41, 5.74) is -24.7. The second-order valence-electron chi connectivity index (χ2n) is 18.5. The van der Waals surface area contributed by atoms with Crippen molar-refractivity contribution in [3.8, 4) is 0 Å². The summed E-state index contributed by atoms with van der Waals surface area (Å²) >= 11 is 0. The first-order valence-electron chi connectivity index (χ1n) is 19.3. The van der Waals surface area contributed by atoms with Gasteiger partial charge in [-0.3, -0.25) is 0 Å². The minimum atomic E-state index is -2.30. The van der Waals surface area contributed by atoms with Crippen LogP contribution in [0.5, 0.6) is 0 Å². The number of rotatable bonds is 14. The first kappa shape index (κ1) is 49.7. The maximum Gasteiger partial charge on any atom is 0.336 e. The number of aliphatic hydroxyl groups is 9. The molecule has 3 fully saturated rings. The van der Waals surface area contributed by atoms with E-state index in [-0.39, 0.29) is 13.2 Å². The average Bonchev–Trinajstić information content (AvgIpc) is 3.09.